The topological polar surface area (TPSA) is 73.3 Å². The highest BCUT2D eigenvalue weighted by atomic mass is 32.2. The van der Waals surface area contributed by atoms with Gasteiger partial charge in [-0.05, 0) is 66.9 Å². The van der Waals surface area contributed by atoms with E-state index in [1.807, 2.05) is 23.1 Å². The first-order valence-corrected chi connectivity index (χ1v) is 13.3. The third-order valence-corrected chi connectivity index (χ3v) is 8.45. The highest BCUT2D eigenvalue weighted by Crippen LogP contribution is 2.42. The zero-order valence-corrected chi connectivity index (χ0v) is 19.7. The Morgan fingerprint density at radius 2 is 1.81 bits per heavy atom. The van der Waals surface area contributed by atoms with Gasteiger partial charge in [0, 0.05) is 49.4 Å². The standard InChI is InChI=1S/C23H26N4O3S2/c1-25(16-17-5-8-19(9-6-17)26-11-3-2-4-12-26)22(28)18-7-10-20-21(15-18)31-23-24-32(29,30)14-13-27(20)23/h5-10,15H,2-4,11-14,16H2,1H3. The lowest BCUT2D eigenvalue weighted by Gasteiger charge is -2.29. The second-order valence-electron chi connectivity index (χ2n) is 8.47. The number of anilines is 2. The Kier molecular flexibility index (Phi) is 5.63. The van der Waals surface area contributed by atoms with Crippen molar-refractivity contribution in [3.8, 4) is 0 Å². The predicted molar refractivity (Wildman–Crippen MR) is 129 cm³/mol. The van der Waals surface area contributed by atoms with Crippen molar-refractivity contribution in [3.05, 3.63) is 53.6 Å². The van der Waals surface area contributed by atoms with E-state index in [9.17, 15) is 13.2 Å². The zero-order chi connectivity index (χ0) is 22.3. The number of fused-ring (bicyclic) bond motifs is 3. The van der Waals surface area contributed by atoms with Gasteiger partial charge in [0.15, 0.2) is 5.17 Å². The minimum Gasteiger partial charge on any atom is -0.372 e. The van der Waals surface area contributed by atoms with E-state index in [0.29, 0.717) is 23.8 Å². The Hall–Kier alpha value is -2.52. The Balaban J connectivity index is 1.27. The number of amidine groups is 1. The molecule has 0 aliphatic carbocycles. The first-order valence-electron chi connectivity index (χ1n) is 10.9. The highest BCUT2D eigenvalue weighted by Gasteiger charge is 2.33. The quantitative estimate of drug-likeness (QED) is 0.680. The first-order chi connectivity index (χ1) is 15.4. The molecule has 0 N–H and O–H groups in total. The van der Waals surface area contributed by atoms with Crippen LogP contribution in [0.15, 0.2) is 51.8 Å². The molecule has 3 heterocycles. The Labute approximate surface area is 193 Å². The average molecular weight is 471 g/mol. The summed E-state index contributed by atoms with van der Waals surface area (Å²) in [5.41, 5.74) is 3.84. The molecule has 0 aromatic heterocycles. The monoisotopic (exact) mass is 470 g/mol. The predicted octanol–water partition coefficient (Wildman–Crippen LogP) is 3.56. The van der Waals surface area contributed by atoms with E-state index in [4.69, 9.17) is 0 Å². The number of carbonyl (C=O) groups is 1. The summed E-state index contributed by atoms with van der Waals surface area (Å²) in [5.74, 6) is -0.0517. The number of amides is 1. The molecule has 1 fully saturated rings. The summed E-state index contributed by atoms with van der Waals surface area (Å²) in [6, 6.07) is 14.0. The summed E-state index contributed by atoms with van der Waals surface area (Å²) in [6.07, 6.45) is 3.81. The molecule has 3 aliphatic heterocycles. The number of rotatable bonds is 4. The maximum Gasteiger partial charge on any atom is 0.257 e. The summed E-state index contributed by atoms with van der Waals surface area (Å²) in [5, 5.41) is 0.470. The van der Waals surface area contributed by atoms with Crippen molar-refractivity contribution in [1.29, 1.82) is 0 Å². The molecule has 0 radical (unpaired) electrons. The van der Waals surface area contributed by atoms with Crippen LogP contribution in [-0.2, 0) is 16.6 Å². The second kappa shape index (κ2) is 8.44. The number of hydrogen-bond acceptors (Lipinski definition) is 6. The zero-order valence-electron chi connectivity index (χ0n) is 18.0. The summed E-state index contributed by atoms with van der Waals surface area (Å²) < 4.78 is 27.5. The minimum atomic E-state index is -3.39. The molecule has 0 bridgehead atoms. The smallest absolute Gasteiger partial charge is 0.257 e. The SMILES string of the molecule is CN(Cc1ccc(N2CCCCC2)cc1)C(=O)c1ccc2c(c1)SC1=NS(=O)(=O)CCN12. The largest absolute Gasteiger partial charge is 0.372 e. The number of hydrogen-bond donors (Lipinski definition) is 0. The summed E-state index contributed by atoms with van der Waals surface area (Å²) >= 11 is 1.31. The number of benzene rings is 2. The van der Waals surface area contributed by atoms with E-state index in [0.717, 1.165) is 29.2 Å². The van der Waals surface area contributed by atoms with Crippen molar-refractivity contribution in [3.63, 3.8) is 0 Å². The van der Waals surface area contributed by atoms with Crippen LogP contribution in [0.25, 0.3) is 0 Å². The Morgan fingerprint density at radius 1 is 1.06 bits per heavy atom. The van der Waals surface area contributed by atoms with Crippen molar-refractivity contribution < 1.29 is 13.2 Å². The summed E-state index contributed by atoms with van der Waals surface area (Å²) in [6.45, 7) is 3.15. The van der Waals surface area contributed by atoms with Crippen LogP contribution >= 0.6 is 11.8 Å². The van der Waals surface area contributed by atoms with Crippen LogP contribution in [0.4, 0.5) is 11.4 Å². The molecule has 168 valence electrons. The van der Waals surface area contributed by atoms with Gasteiger partial charge >= 0.3 is 0 Å². The lowest BCUT2D eigenvalue weighted by Crippen LogP contribution is -2.35. The van der Waals surface area contributed by atoms with Crippen LogP contribution in [0, 0.1) is 0 Å². The molecule has 3 aliphatic rings. The lowest BCUT2D eigenvalue weighted by atomic mass is 10.1. The average Bonchev–Trinajstić information content (AvgIpc) is 3.15. The molecule has 2 aromatic rings. The molecule has 0 atom stereocenters. The fraction of sp³-hybridized carbons (Fsp3) is 0.391. The van der Waals surface area contributed by atoms with Crippen molar-refractivity contribution in [2.24, 2.45) is 4.40 Å². The van der Waals surface area contributed by atoms with E-state index in [1.54, 1.807) is 11.9 Å². The fourth-order valence-corrected chi connectivity index (χ4v) is 6.69. The third kappa shape index (κ3) is 4.23. The molecular weight excluding hydrogens is 444 g/mol. The highest BCUT2D eigenvalue weighted by molar-refractivity contribution is 8.15. The number of sulfonamides is 1. The van der Waals surface area contributed by atoms with Crippen molar-refractivity contribution >= 4 is 44.2 Å². The van der Waals surface area contributed by atoms with Gasteiger partial charge in [0.2, 0.25) is 0 Å². The van der Waals surface area contributed by atoms with Crippen LogP contribution < -0.4 is 9.80 Å². The van der Waals surface area contributed by atoms with E-state index >= 15 is 0 Å². The van der Waals surface area contributed by atoms with Gasteiger partial charge in [-0.2, -0.15) is 0 Å². The molecule has 7 nitrogen and oxygen atoms in total. The number of thioether (sulfide) groups is 1. The van der Waals surface area contributed by atoms with E-state index in [2.05, 4.69) is 33.6 Å². The minimum absolute atomic E-state index is 0.0104. The molecule has 2 aromatic carbocycles. The molecule has 0 spiro atoms. The molecule has 5 rings (SSSR count). The van der Waals surface area contributed by atoms with Gasteiger partial charge in [0.1, 0.15) is 0 Å². The molecule has 1 amide bonds. The van der Waals surface area contributed by atoms with Gasteiger partial charge < -0.3 is 14.7 Å². The van der Waals surface area contributed by atoms with Crippen LogP contribution in [0.3, 0.4) is 0 Å². The van der Waals surface area contributed by atoms with Gasteiger partial charge in [-0.1, -0.05) is 12.1 Å². The van der Waals surface area contributed by atoms with Gasteiger partial charge in [-0.3, -0.25) is 4.79 Å². The molecule has 1 saturated heterocycles. The summed E-state index contributed by atoms with van der Waals surface area (Å²) in [4.78, 5) is 20.0. The van der Waals surface area contributed by atoms with Gasteiger partial charge in [0.05, 0.1) is 11.4 Å². The number of carbonyl (C=O) groups excluding carboxylic acids is 1. The Morgan fingerprint density at radius 3 is 2.56 bits per heavy atom. The van der Waals surface area contributed by atoms with Crippen molar-refractivity contribution in [2.75, 3.05) is 42.2 Å². The van der Waals surface area contributed by atoms with Crippen LogP contribution in [0.5, 0.6) is 0 Å². The molecule has 32 heavy (non-hydrogen) atoms. The van der Waals surface area contributed by atoms with Gasteiger partial charge in [-0.25, -0.2) is 8.42 Å². The van der Waals surface area contributed by atoms with Gasteiger partial charge in [0.25, 0.3) is 15.9 Å². The number of nitrogens with zero attached hydrogens (tertiary/aromatic N) is 4. The van der Waals surface area contributed by atoms with E-state index < -0.39 is 10.0 Å². The van der Waals surface area contributed by atoms with Crippen LogP contribution in [0.2, 0.25) is 0 Å². The van der Waals surface area contributed by atoms with Crippen LogP contribution in [0.1, 0.15) is 35.2 Å². The number of piperidine rings is 1. The molecule has 0 saturated carbocycles. The molecular formula is C23H26N4O3S2. The van der Waals surface area contributed by atoms with Crippen LogP contribution in [-0.4, -0.2) is 56.8 Å². The second-order valence-corrected chi connectivity index (χ2v) is 11.2. The lowest BCUT2D eigenvalue weighted by molar-refractivity contribution is 0.0785. The van der Waals surface area contributed by atoms with Crippen molar-refractivity contribution in [2.45, 2.75) is 30.7 Å². The maximum absolute atomic E-state index is 13.0. The summed E-state index contributed by atoms with van der Waals surface area (Å²) in [7, 11) is -1.59. The Bertz CT molecular complexity index is 1170. The van der Waals surface area contributed by atoms with Gasteiger partial charge in [-0.15, -0.1) is 4.40 Å². The molecule has 0 unspecified atom stereocenters. The third-order valence-electron chi connectivity index (χ3n) is 6.14. The first kappa shape index (κ1) is 21.3. The fourth-order valence-electron chi connectivity index (χ4n) is 4.39. The maximum atomic E-state index is 13.0. The normalized spacial score (nSPS) is 19.2. The van der Waals surface area contributed by atoms with E-state index in [-0.39, 0.29) is 11.7 Å². The van der Waals surface area contributed by atoms with E-state index in [1.165, 1.54) is 36.7 Å². The van der Waals surface area contributed by atoms with Crippen molar-refractivity contribution in [1.82, 2.24) is 4.90 Å². The molecule has 9 heteroatoms.